The molecule has 0 spiro atoms. The standard InChI is InChI=1S/C16H20N2/c1-2-18(15-9-4-3-5-10-15)16-11-7-6-8-14(16)12-13-17/h3-11H,2,12-13,17H2,1H3. The topological polar surface area (TPSA) is 29.3 Å². The van der Waals surface area contributed by atoms with Gasteiger partial charge < -0.3 is 10.6 Å². The number of hydrogen-bond acceptors (Lipinski definition) is 2. The lowest BCUT2D eigenvalue weighted by molar-refractivity contribution is 0.942. The van der Waals surface area contributed by atoms with Gasteiger partial charge in [0, 0.05) is 17.9 Å². The molecule has 2 aromatic rings. The maximum atomic E-state index is 5.69. The highest BCUT2D eigenvalue weighted by molar-refractivity contribution is 5.66. The van der Waals surface area contributed by atoms with Crippen LogP contribution in [0.2, 0.25) is 0 Å². The Kier molecular flexibility index (Phi) is 4.37. The molecule has 18 heavy (non-hydrogen) atoms. The van der Waals surface area contributed by atoms with Gasteiger partial charge in [-0.05, 0) is 43.7 Å². The fourth-order valence-corrected chi connectivity index (χ4v) is 2.24. The molecule has 2 heteroatoms. The van der Waals surface area contributed by atoms with Crippen LogP contribution in [-0.2, 0) is 6.42 Å². The van der Waals surface area contributed by atoms with Crippen molar-refractivity contribution >= 4 is 11.4 Å². The number of rotatable bonds is 5. The summed E-state index contributed by atoms with van der Waals surface area (Å²) in [5, 5.41) is 0. The molecule has 2 aromatic carbocycles. The molecule has 2 rings (SSSR count). The minimum atomic E-state index is 0.684. The van der Waals surface area contributed by atoms with Crippen LogP contribution in [0.25, 0.3) is 0 Å². The highest BCUT2D eigenvalue weighted by atomic mass is 15.1. The summed E-state index contributed by atoms with van der Waals surface area (Å²) >= 11 is 0. The second kappa shape index (κ2) is 6.22. The van der Waals surface area contributed by atoms with E-state index in [1.54, 1.807) is 0 Å². The van der Waals surface area contributed by atoms with Crippen molar-refractivity contribution in [3.05, 3.63) is 60.2 Å². The van der Waals surface area contributed by atoms with Crippen molar-refractivity contribution in [2.45, 2.75) is 13.3 Å². The van der Waals surface area contributed by atoms with Gasteiger partial charge >= 0.3 is 0 Å². The van der Waals surface area contributed by atoms with E-state index in [2.05, 4.69) is 60.4 Å². The molecule has 0 amide bonds. The van der Waals surface area contributed by atoms with Crippen molar-refractivity contribution in [3.8, 4) is 0 Å². The average molecular weight is 240 g/mol. The van der Waals surface area contributed by atoms with E-state index in [1.807, 2.05) is 6.07 Å². The Bertz CT molecular complexity index is 479. The van der Waals surface area contributed by atoms with Crippen molar-refractivity contribution in [1.29, 1.82) is 0 Å². The fraction of sp³-hybridized carbons (Fsp3) is 0.250. The zero-order valence-corrected chi connectivity index (χ0v) is 10.8. The molecule has 0 bridgehead atoms. The van der Waals surface area contributed by atoms with E-state index in [4.69, 9.17) is 5.73 Å². The van der Waals surface area contributed by atoms with E-state index in [-0.39, 0.29) is 0 Å². The second-order valence-corrected chi connectivity index (χ2v) is 4.25. The molecular formula is C16H20N2. The van der Waals surface area contributed by atoms with Crippen molar-refractivity contribution in [3.63, 3.8) is 0 Å². The van der Waals surface area contributed by atoms with Gasteiger partial charge in [0.25, 0.3) is 0 Å². The van der Waals surface area contributed by atoms with Crippen LogP contribution < -0.4 is 10.6 Å². The SMILES string of the molecule is CCN(c1ccccc1)c1ccccc1CCN. The van der Waals surface area contributed by atoms with Crippen LogP contribution in [0.1, 0.15) is 12.5 Å². The van der Waals surface area contributed by atoms with Crippen LogP contribution in [0.3, 0.4) is 0 Å². The van der Waals surface area contributed by atoms with E-state index >= 15 is 0 Å². The molecule has 0 unspecified atom stereocenters. The first-order valence-corrected chi connectivity index (χ1v) is 6.47. The van der Waals surface area contributed by atoms with Crippen molar-refractivity contribution in [2.75, 3.05) is 18.0 Å². The number of nitrogens with zero attached hydrogens (tertiary/aromatic N) is 1. The summed E-state index contributed by atoms with van der Waals surface area (Å²) in [7, 11) is 0. The molecule has 0 aliphatic carbocycles. The van der Waals surface area contributed by atoms with Gasteiger partial charge in [-0.25, -0.2) is 0 Å². The van der Waals surface area contributed by atoms with E-state index in [0.717, 1.165) is 13.0 Å². The number of benzene rings is 2. The van der Waals surface area contributed by atoms with Crippen molar-refractivity contribution in [1.82, 2.24) is 0 Å². The van der Waals surface area contributed by atoms with E-state index < -0.39 is 0 Å². The first kappa shape index (κ1) is 12.7. The van der Waals surface area contributed by atoms with Gasteiger partial charge in [0.2, 0.25) is 0 Å². The molecule has 0 saturated carbocycles. The molecule has 2 nitrogen and oxygen atoms in total. The lowest BCUT2D eigenvalue weighted by Gasteiger charge is -2.25. The minimum absolute atomic E-state index is 0.684. The van der Waals surface area contributed by atoms with Gasteiger partial charge in [-0.3, -0.25) is 0 Å². The second-order valence-electron chi connectivity index (χ2n) is 4.25. The molecule has 0 aliphatic rings. The van der Waals surface area contributed by atoms with Crippen LogP contribution >= 0.6 is 0 Å². The number of anilines is 2. The molecule has 0 aliphatic heterocycles. The smallest absolute Gasteiger partial charge is 0.0443 e. The monoisotopic (exact) mass is 240 g/mol. The third-order valence-electron chi connectivity index (χ3n) is 3.08. The molecule has 0 radical (unpaired) electrons. The highest BCUT2D eigenvalue weighted by Gasteiger charge is 2.10. The summed E-state index contributed by atoms with van der Waals surface area (Å²) in [6.07, 6.45) is 0.916. The predicted molar refractivity (Wildman–Crippen MR) is 78.3 cm³/mol. The Morgan fingerprint density at radius 1 is 0.944 bits per heavy atom. The minimum Gasteiger partial charge on any atom is -0.342 e. The Balaban J connectivity index is 2.39. The highest BCUT2D eigenvalue weighted by Crippen LogP contribution is 2.28. The van der Waals surface area contributed by atoms with Gasteiger partial charge in [0.1, 0.15) is 0 Å². The summed E-state index contributed by atoms with van der Waals surface area (Å²) in [6.45, 7) is 3.81. The normalized spacial score (nSPS) is 10.3. The van der Waals surface area contributed by atoms with Crippen molar-refractivity contribution < 1.29 is 0 Å². The van der Waals surface area contributed by atoms with Crippen LogP contribution in [0.4, 0.5) is 11.4 Å². The molecule has 2 N–H and O–H groups in total. The van der Waals surface area contributed by atoms with Crippen LogP contribution in [-0.4, -0.2) is 13.1 Å². The molecule has 0 aromatic heterocycles. The lowest BCUT2D eigenvalue weighted by Crippen LogP contribution is -2.18. The Labute approximate surface area is 109 Å². The average Bonchev–Trinajstić information content (AvgIpc) is 2.43. The first-order valence-electron chi connectivity index (χ1n) is 6.47. The van der Waals surface area contributed by atoms with Gasteiger partial charge in [0.15, 0.2) is 0 Å². The third-order valence-corrected chi connectivity index (χ3v) is 3.08. The summed E-state index contributed by atoms with van der Waals surface area (Å²) in [4.78, 5) is 2.32. The summed E-state index contributed by atoms with van der Waals surface area (Å²) in [6, 6.07) is 19.0. The first-order chi connectivity index (χ1) is 8.86. The van der Waals surface area contributed by atoms with Crippen LogP contribution in [0, 0.1) is 0 Å². The zero-order valence-electron chi connectivity index (χ0n) is 10.8. The summed E-state index contributed by atoms with van der Waals surface area (Å²) in [5.41, 5.74) is 9.49. The van der Waals surface area contributed by atoms with E-state index in [1.165, 1.54) is 16.9 Å². The van der Waals surface area contributed by atoms with Crippen molar-refractivity contribution in [2.24, 2.45) is 5.73 Å². The Hall–Kier alpha value is -1.80. The predicted octanol–water partition coefficient (Wildman–Crippen LogP) is 3.35. The lowest BCUT2D eigenvalue weighted by atomic mass is 10.1. The quantitative estimate of drug-likeness (QED) is 0.868. The van der Waals surface area contributed by atoms with Crippen LogP contribution in [0.15, 0.2) is 54.6 Å². The largest absolute Gasteiger partial charge is 0.342 e. The Morgan fingerprint density at radius 2 is 1.61 bits per heavy atom. The third kappa shape index (κ3) is 2.71. The van der Waals surface area contributed by atoms with E-state index in [0.29, 0.717) is 6.54 Å². The maximum Gasteiger partial charge on any atom is 0.0443 e. The molecule has 94 valence electrons. The molecule has 0 saturated heterocycles. The molecule has 0 atom stereocenters. The molecule has 0 fully saturated rings. The van der Waals surface area contributed by atoms with Gasteiger partial charge in [0.05, 0.1) is 0 Å². The Morgan fingerprint density at radius 3 is 2.28 bits per heavy atom. The molecule has 0 heterocycles. The number of nitrogens with two attached hydrogens (primary N) is 1. The van der Waals surface area contributed by atoms with Crippen LogP contribution in [0.5, 0.6) is 0 Å². The maximum absolute atomic E-state index is 5.69. The van der Waals surface area contributed by atoms with Gasteiger partial charge in [-0.15, -0.1) is 0 Å². The molecular weight excluding hydrogens is 220 g/mol. The zero-order chi connectivity index (χ0) is 12.8. The van der Waals surface area contributed by atoms with Gasteiger partial charge in [-0.2, -0.15) is 0 Å². The number of hydrogen-bond donors (Lipinski definition) is 1. The fourth-order valence-electron chi connectivity index (χ4n) is 2.24. The number of para-hydroxylation sites is 2. The summed E-state index contributed by atoms with van der Waals surface area (Å²) in [5.74, 6) is 0. The summed E-state index contributed by atoms with van der Waals surface area (Å²) < 4.78 is 0. The van der Waals surface area contributed by atoms with E-state index in [9.17, 15) is 0 Å². The van der Waals surface area contributed by atoms with Gasteiger partial charge in [-0.1, -0.05) is 36.4 Å².